The van der Waals surface area contributed by atoms with Crippen molar-refractivity contribution in [2.24, 2.45) is 0 Å². The van der Waals surface area contributed by atoms with Crippen molar-refractivity contribution >= 4 is 26.6 Å². The van der Waals surface area contributed by atoms with Gasteiger partial charge in [-0.05, 0) is 26.0 Å². The number of hydrogen-bond donors (Lipinski definition) is 1. The van der Waals surface area contributed by atoms with Gasteiger partial charge < -0.3 is 0 Å². The molecule has 0 saturated carbocycles. The maximum Gasteiger partial charge on any atom is 0.264 e. The quantitative estimate of drug-likeness (QED) is 0.802. The van der Waals surface area contributed by atoms with Crippen LogP contribution in [-0.4, -0.2) is 23.2 Å². The number of sulfonamides is 1. The molecule has 2 aromatic heterocycles. The monoisotopic (exact) mass is 316 g/mol. The topological polar surface area (TPSA) is 76.9 Å². The Morgan fingerprint density at radius 3 is 2.73 bits per heavy atom. The van der Waals surface area contributed by atoms with Crippen LogP contribution in [0.2, 0.25) is 0 Å². The molecule has 0 amide bonds. The zero-order valence-electron chi connectivity index (χ0n) is 12.3. The van der Waals surface area contributed by atoms with Crippen LogP contribution in [0.4, 0.5) is 5.69 Å². The first-order valence-electron chi connectivity index (χ1n) is 6.92. The van der Waals surface area contributed by atoms with Crippen LogP contribution in [0.25, 0.3) is 10.9 Å². The molecule has 0 aliphatic rings. The summed E-state index contributed by atoms with van der Waals surface area (Å²) in [7, 11) is -3.72. The van der Waals surface area contributed by atoms with Gasteiger partial charge in [0.15, 0.2) is 0 Å². The van der Waals surface area contributed by atoms with E-state index >= 15 is 0 Å². The molecule has 22 heavy (non-hydrogen) atoms. The minimum atomic E-state index is -3.72. The summed E-state index contributed by atoms with van der Waals surface area (Å²) in [6.07, 6.45) is 3.11. The summed E-state index contributed by atoms with van der Waals surface area (Å²) >= 11 is 0. The second-order valence-corrected chi connectivity index (χ2v) is 6.55. The molecule has 0 radical (unpaired) electrons. The smallest absolute Gasteiger partial charge is 0.264 e. The molecule has 0 saturated heterocycles. The van der Waals surface area contributed by atoms with Gasteiger partial charge in [-0.25, -0.2) is 8.42 Å². The molecular formula is C15H16N4O2S. The van der Waals surface area contributed by atoms with Gasteiger partial charge in [0.1, 0.15) is 4.90 Å². The first kappa shape index (κ1) is 14.5. The van der Waals surface area contributed by atoms with Gasteiger partial charge in [-0.15, -0.1) is 0 Å². The molecular weight excluding hydrogens is 300 g/mol. The number of pyridine rings is 1. The molecule has 0 aliphatic heterocycles. The van der Waals surface area contributed by atoms with Crippen molar-refractivity contribution in [2.75, 3.05) is 4.72 Å². The normalized spacial score (nSPS) is 11.7. The van der Waals surface area contributed by atoms with E-state index in [-0.39, 0.29) is 4.90 Å². The average molecular weight is 316 g/mol. The maximum absolute atomic E-state index is 12.7. The molecule has 0 atom stereocenters. The van der Waals surface area contributed by atoms with Crippen LogP contribution in [0.3, 0.4) is 0 Å². The molecule has 0 spiro atoms. The predicted molar refractivity (Wildman–Crippen MR) is 85.2 cm³/mol. The Labute approximate surface area is 128 Å². The third-order valence-electron chi connectivity index (χ3n) is 3.53. The van der Waals surface area contributed by atoms with Crippen molar-refractivity contribution in [1.82, 2.24) is 14.8 Å². The van der Waals surface area contributed by atoms with Gasteiger partial charge in [-0.2, -0.15) is 5.10 Å². The van der Waals surface area contributed by atoms with Crippen LogP contribution in [0, 0.1) is 6.92 Å². The summed E-state index contributed by atoms with van der Waals surface area (Å²) in [6, 6.07) is 8.71. The standard InChI is InChI=1S/C15H16N4O2S/c1-3-19-11(2)13(10-17-19)18-22(20,21)14-8-4-6-12-7-5-9-16-15(12)14/h4-10,18H,3H2,1-2H3. The number of nitrogens with one attached hydrogen (secondary N) is 1. The zero-order valence-corrected chi connectivity index (χ0v) is 13.1. The van der Waals surface area contributed by atoms with E-state index < -0.39 is 10.0 Å². The van der Waals surface area contributed by atoms with Gasteiger partial charge in [0.2, 0.25) is 0 Å². The first-order chi connectivity index (χ1) is 10.5. The number of benzene rings is 1. The average Bonchev–Trinajstić information content (AvgIpc) is 2.86. The highest BCUT2D eigenvalue weighted by Crippen LogP contribution is 2.24. The van der Waals surface area contributed by atoms with Crippen LogP contribution < -0.4 is 4.72 Å². The zero-order chi connectivity index (χ0) is 15.7. The Morgan fingerprint density at radius 1 is 1.23 bits per heavy atom. The molecule has 0 bridgehead atoms. The Kier molecular flexibility index (Phi) is 3.58. The number of aryl methyl sites for hydroxylation is 1. The Bertz CT molecular complexity index is 926. The van der Waals surface area contributed by atoms with Gasteiger partial charge in [-0.3, -0.25) is 14.4 Å². The Morgan fingerprint density at radius 2 is 2.00 bits per heavy atom. The fraction of sp³-hybridized carbons (Fsp3) is 0.200. The van der Waals surface area contributed by atoms with Crippen molar-refractivity contribution in [3.63, 3.8) is 0 Å². The van der Waals surface area contributed by atoms with E-state index in [4.69, 9.17) is 0 Å². The molecule has 0 aliphatic carbocycles. The number of hydrogen-bond acceptors (Lipinski definition) is 4. The van der Waals surface area contributed by atoms with Gasteiger partial charge >= 0.3 is 0 Å². The molecule has 1 aromatic carbocycles. The second kappa shape index (κ2) is 5.42. The van der Waals surface area contributed by atoms with E-state index in [0.717, 1.165) is 11.1 Å². The minimum Gasteiger partial charge on any atom is -0.276 e. The van der Waals surface area contributed by atoms with Crippen LogP contribution in [0.1, 0.15) is 12.6 Å². The third kappa shape index (κ3) is 2.43. The molecule has 3 rings (SSSR count). The summed E-state index contributed by atoms with van der Waals surface area (Å²) in [5.74, 6) is 0. The number of anilines is 1. The summed E-state index contributed by atoms with van der Waals surface area (Å²) in [5, 5.41) is 4.93. The molecule has 114 valence electrons. The summed E-state index contributed by atoms with van der Waals surface area (Å²) < 4.78 is 29.7. The van der Waals surface area contributed by atoms with Crippen molar-refractivity contribution < 1.29 is 8.42 Å². The van der Waals surface area contributed by atoms with Gasteiger partial charge in [0.05, 0.1) is 23.1 Å². The van der Waals surface area contributed by atoms with E-state index in [1.54, 1.807) is 29.1 Å². The highest BCUT2D eigenvalue weighted by molar-refractivity contribution is 7.93. The van der Waals surface area contributed by atoms with E-state index in [1.807, 2.05) is 26.0 Å². The first-order valence-corrected chi connectivity index (χ1v) is 8.40. The van der Waals surface area contributed by atoms with Gasteiger partial charge in [-0.1, -0.05) is 18.2 Å². The molecule has 3 aromatic rings. The van der Waals surface area contributed by atoms with Gasteiger partial charge in [0, 0.05) is 18.1 Å². The Hall–Kier alpha value is -2.41. The molecule has 2 heterocycles. The minimum absolute atomic E-state index is 0.161. The highest BCUT2D eigenvalue weighted by Gasteiger charge is 2.20. The highest BCUT2D eigenvalue weighted by atomic mass is 32.2. The van der Waals surface area contributed by atoms with Crippen LogP contribution in [-0.2, 0) is 16.6 Å². The molecule has 6 nitrogen and oxygen atoms in total. The predicted octanol–water partition coefficient (Wildman–Crippen LogP) is 2.56. The fourth-order valence-electron chi connectivity index (χ4n) is 2.36. The van der Waals surface area contributed by atoms with Gasteiger partial charge in [0.25, 0.3) is 10.0 Å². The van der Waals surface area contributed by atoms with Crippen LogP contribution in [0.5, 0.6) is 0 Å². The summed E-state index contributed by atoms with van der Waals surface area (Å²) in [4.78, 5) is 4.35. The lowest BCUT2D eigenvalue weighted by atomic mass is 10.2. The van der Waals surface area contributed by atoms with Crippen LogP contribution >= 0.6 is 0 Å². The number of nitrogens with zero attached hydrogens (tertiary/aromatic N) is 3. The van der Waals surface area contributed by atoms with E-state index in [9.17, 15) is 8.42 Å². The number of rotatable bonds is 4. The fourth-order valence-corrected chi connectivity index (χ4v) is 3.64. The van der Waals surface area contributed by atoms with Crippen molar-refractivity contribution in [3.8, 4) is 0 Å². The molecule has 0 unspecified atom stereocenters. The van der Waals surface area contributed by atoms with Crippen molar-refractivity contribution in [2.45, 2.75) is 25.3 Å². The maximum atomic E-state index is 12.7. The molecule has 0 fully saturated rings. The van der Waals surface area contributed by atoms with Crippen LogP contribution in [0.15, 0.2) is 47.6 Å². The van der Waals surface area contributed by atoms with Crippen molar-refractivity contribution in [3.05, 3.63) is 48.4 Å². The van der Waals surface area contributed by atoms with Crippen molar-refractivity contribution in [1.29, 1.82) is 0 Å². The lowest BCUT2D eigenvalue weighted by Crippen LogP contribution is -2.14. The lowest BCUT2D eigenvalue weighted by Gasteiger charge is -2.09. The summed E-state index contributed by atoms with van der Waals surface area (Å²) in [5.41, 5.74) is 1.71. The van der Waals surface area contributed by atoms with E-state index in [2.05, 4.69) is 14.8 Å². The second-order valence-electron chi connectivity index (χ2n) is 4.90. The third-order valence-corrected chi connectivity index (χ3v) is 4.93. The SMILES string of the molecule is CCn1ncc(NS(=O)(=O)c2cccc3cccnc23)c1C. The van der Waals surface area contributed by atoms with E-state index in [1.165, 1.54) is 6.20 Å². The van der Waals surface area contributed by atoms with E-state index in [0.29, 0.717) is 17.7 Å². The number of aromatic nitrogens is 3. The molecule has 1 N–H and O–H groups in total. The Balaban J connectivity index is 2.07. The summed E-state index contributed by atoms with van der Waals surface area (Å²) in [6.45, 7) is 4.46. The number of fused-ring (bicyclic) bond motifs is 1. The lowest BCUT2D eigenvalue weighted by molar-refractivity contribution is 0.601. The largest absolute Gasteiger partial charge is 0.276 e. The number of para-hydroxylation sites is 1. The molecule has 7 heteroatoms.